The van der Waals surface area contributed by atoms with Crippen molar-refractivity contribution in [1.82, 2.24) is 5.32 Å². The van der Waals surface area contributed by atoms with Crippen molar-refractivity contribution < 1.29 is 19.2 Å². The summed E-state index contributed by atoms with van der Waals surface area (Å²) >= 11 is 0. The topological polar surface area (TPSA) is 90.7 Å². The van der Waals surface area contributed by atoms with Crippen molar-refractivity contribution in [1.29, 1.82) is 0 Å². The van der Waals surface area contributed by atoms with Gasteiger partial charge in [0.25, 0.3) is 11.6 Å². The van der Waals surface area contributed by atoms with Crippen molar-refractivity contribution in [3.8, 4) is 5.75 Å². The Bertz CT molecular complexity index is 715. The van der Waals surface area contributed by atoms with Crippen LogP contribution in [0.4, 0.5) is 5.69 Å². The molecule has 7 heteroatoms. The highest BCUT2D eigenvalue weighted by Gasteiger charge is 2.17. The lowest BCUT2D eigenvalue weighted by Crippen LogP contribution is -2.29. The molecular formula is C17H18N2O5. The number of methoxy groups -OCH3 is 2. The molecule has 2 aromatic rings. The first kappa shape index (κ1) is 17.4. The van der Waals surface area contributed by atoms with Gasteiger partial charge in [0.15, 0.2) is 0 Å². The third-order valence-corrected chi connectivity index (χ3v) is 3.56. The molecule has 0 heterocycles. The van der Waals surface area contributed by atoms with E-state index in [0.29, 0.717) is 11.3 Å². The highest BCUT2D eigenvalue weighted by Crippen LogP contribution is 2.26. The molecule has 126 valence electrons. The molecule has 0 fully saturated rings. The number of amides is 1. The number of para-hydroxylation sites is 1. The molecule has 0 spiro atoms. The van der Waals surface area contributed by atoms with Crippen molar-refractivity contribution in [2.75, 3.05) is 20.8 Å². The van der Waals surface area contributed by atoms with Crippen LogP contribution in [0.25, 0.3) is 0 Å². The smallest absolute Gasteiger partial charge is 0.269 e. The molecule has 0 saturated carbocycles. The molecule has 1 amide bonds. The molecule has 2 aromatic carbocycles. The molecule has 7 nitrogen and oxygen atoms in total. The van der Waals surface area contributed by atoms with Crippen molar-refractivity contribution >= 4 is 11.6 Å². The predicted molar refractivity (Wildman–Crippen MR) is 88.2 cm³/mol. The Morgan fingerprint density at radius 2 is 1.83 bits per heavy atom. The second kappa shape index (κ2) is 8.07. The number of rotatable bonds is 7. The summed E-state index contributed by atoms with van der Waals surface area (Å²) in [4.78, 5) is 22.3. The van der Waals surface area contributed by atoms with Crippen LogP contribution < -0.4 is 10.1 Å². The van der Waals surface area contributed by atoms with E-state index in [-0.39, 0.29) is 24.2 Å². The minimum atomic E-state index is -0.510. The number of nitro groups is 1. The summed E-state index contributed by atoms with van der Waals surface area (Å²) in [5, 5.41) is 13.4. The molecular weight excluding hydrogens is 312 g/mol. The zero-order chi connectivity index (χ0) is 17.5. The zero-order valence-corrected chi connectivity index (χ0v) is 13.4. The molecule has 2 rings (SSSR count). The van der Waals surface area contributed by atoms with Crippen LogP contribution in [0.3, 0.4) is 0 Å². The number of non-ortho nitro benzene ring substituents is 1. The molecule has 24 heavy (non-hydrogen) atoms. The van der Waals surface area contributed by atoms with E-state index in [9.17, 15) is 14.9 Å². The Morgan fingerprint density at radius 3 is 2.42 bits per heavy atom. The molecule has 1 atom stereocenters. The van der Waals surface area contributed by atoms with Crippen molar-refractivity contribution in [3.05, 3.63) is 69.8 Å². The minimum absolute atomic E-state index is 0.0599. The van der Waals surface area contributed by atoms with Crippen LogP contribution in [0.1, 0.15) is 22.0 Å². The van der Waals surface area contributed by atoms with Gasteiger partial charge < -0.3 is 14.8 Å². The van der Waals surface area contributed by atoms with Gasteiger partial charge in [0.05, 0.1) is 12.0 Å². The Kier molecular flexibility index (Phi) is 5.86. The largest absolute Gasteiger partial charge is 0.496 e. The van der Waals surface area contributed by atoms with Crippen LogP contribution in [0.2, 0.25) is 0 Å². The predicted octanol–water partition coefficient (Wildman–Crippen LogP) is 2.72. The summed E-state index contributed by atoms with van der Waals surface area (Å²) in [6.07, 6.45) is -0.372. The number of nitro benzene ring substituents is 1. The van der Waals surface area contributed by atoms with Crippen LogP contribution in [0.15, 0.2) is 48.5 Å². The Balaban J connectivity index is 2.04. The van der Waals surface area contributed by atoms with Gasteiger partial charge in [-0.05, 0) is 18.2 Å². The first-order valence-electron chi connectivity index (χ1n) is 7.25. The second-order valence-electron chi connectivity index (χ2n) is 4.98. The lowest BCUT2D eigenvalue weighted by molar-refractivity contribution is -0.384. The van der Waals surface area contributed by atoms with Gasteiger partial charge in [0.2, 0.25) is 0 Å². The molecule has 0 bridgehead atoms. The normalized spacial score (nSPS) is 11.6. The molecule has 0 aromatic heterocycles. The van der Waals surface area contributed by atoms with Crippen LogP contribution in [-0.2, 0) is 4.74 Å². The summed E-state index contributed by atoms with van der Waals surface area (Å²) in [6, 6.07) is 12.8. The Hall–Kier alpha value is -2.93. The molecule has 0 aliphatic heterocycles. The average molecular weight is 330 g/mol. The Morgan fingerprint density at radius 1 is 1.17 bits per heavy atom. The maximum Gasteiger partial charge on any atom is 0.269 e. The summed E-state index contributed by atoms with van der Waals surface area (Å²) in [7, 11) is 3.12. The summed E-state index contributed by atoms with van der Waals surface area (Å²) in [6.45, 7) is 0.243. The van der Waals surface area contributed by atoms with Gasteiger partial charge in [0.1, 0.15) is 11.9 Å². The number of ether oxygens (including phenoxy) is 2. The maximum atomic E-state index is 12.2. The van der Waals surface area contributed by atoms with Crippen molar-refractivity contribution in [2.24, 2.45) is 0 Å². The fraction of sp³-hybridized carbons (Fsp3) is 0.235. The van der Waals surface area contributed by atoms with Crippen LogP contribution in [0, 0.1) is 10.1 Å². The average Bonchev–Trinajstić information content (AvgIpc) is 2.62. The quantitative estimate of drug-likeness (QED) is 0.622. The second-order valence-corrected chi connectivity index (χ2v) is 4.98. The fourth-order valence-electron chi connectivity index (χ4n) is 2.27. The van der Waals surface area contributed by atoms with Gasteiger partial charge in [-0.15, -0.1) is 0 Å². The van der Waals surface area contributed by atoms with E-state index in [4.69, 9.17) is 9.47 Å². The lowest BCUT2D eigenvalue weighted by atomic mass is 10.1. The number of hydrogen-bond donors (Lipinski definition) is 1. The molecule has 0 aliphatic rings. The van der Waals surface area contributed by atoms with E-state index < -0.39 is 4.92 Å². The van der Waals surface area contributed by atoms with E-state index in [1.807, 2.05) is 24.3 Å². The van der Waals surface area contributed by atoms with Gasteiger partial charge in [-0.2, -0.15) is 0 Å². The number of benzene rings is 2. The highest BCUT2D eigenvalue weighted by molar-refractivity contribution is 5.94. The van der Waals surface area contributed by atoms with E-state index >= 15 is 0 Å². The molecule has 1 unspecified atom stereocenters. The van der Waals surface area contributed by atoms with Gasteiger partial charge >= 0.3 is 0 Å². The third-order valence-electron chi connectivity index (χ3n) is 3.56. The van der Waals surface area contributed by atoms with E-state index in [2.05, 4.69) is 5.32 Å². The highest BCUT2D eigenvalue weighted by atomic mass is 16.6. The van der Waals surface area contributed by atoms with Gasteiger partial charge in [0, 0.05) is 36.9 Å². The number of nitrogens with zero attached hydrogens (tertiary/aromatic N) is 1. The first-order chi connectivity index (χ1) is 11.6. The number of hydrogen-bond acceptors (Lipinski definition) is 5. The molecule has 0 saturated heterocycles. The van der Waals surface area contributed by atoms with E-state index in [1.165, 1.54) is 24.3 Å². The maximum absolute atomic E-state index is 12.2. The SMILES string of the molecule is COc1ccccc1C(CNC(=O)c1ccc([N+](=O)[O-])cc1)OC. The lowest BCUT2D eigenvalue weighted by Gasteiger charge is -2.19. The van der Waals surface area contributed by atoms with E-state index in [1.54, 1.807) is 14.2 Å². The summed E-state index contributed by atoms with van der Waals surface area (Å²) < 4.78 is 10.7. The number of carbonyl (C=O) groups excluding carboxylic acids is 1. The monoisotopic (exact) mass is 330 g/mol. The van der Waals surface area contributed by atoms with Crippen LogP contribution in [0.5, 0.6) is 5.75 Å². The van der Waals surface area contributed by atoms with Gasteiger partial charge in [-0.1, -0.05) is 18.2 Å². The standard InChI is InChI=1S/C17H18N2O5/c1-23-15-6-4-3-5-14(15)16(24-2)11-18-17(20)12-7-9-13(10-8-12)19(21)22/h3-10,16H,11H2,1-2H3,(H,18,20). The van der Waals surface area contributed by atoms with Gasteiger partial charge in [-0.3, -0.25) is 14.9 Å². The molecule has 0 aliphatic carbocycles. The van der Waals surface area contributed by atoms with E-state index in [0.717, 1.165) is 5.56 Å². The minimum Gasteiger partial charge on any atom is -0.496 e. The van der Waals surface area contributed by atoms with Gasteiger partial charge in [-0.25, -0.2) is 0 Å². The Labute approximate surface area is 139 Å². The van der Waals surface area contributed by atoms with Crippen molar-refractivity contribution in [3.63, 3.8) is 0 Å². The van der Waals surface area contributed by atoms with Crippen molar-refractivity contribution in [2.45, 2.75) is 6.10 Å². The molecule has 1 N–H and O–H groups in total. The van der Waals surface area contributed by atoms with Crippen LogP contribution in [-0.4, -0.2) is 31.6 Å². The number of carbonyl (C=O) groups is 1. The summed E-state index contributed by atoms with van der Waals surface area (Å²) in [5.41, 5.74) is 1.11. The summed E-state index contributed by atoms with van der Waals surface area (Å²) in [5.74, 6) is 0.343. The first-order valence-corrected chi connectivity index (χ1v) is 7.25. The number of nitrogens with one attached hydrogen (secondary N) is 1. The third kappa shape index (κ3) is 4.08. The molecule has 0 radical (unpaired) electrons. The van der Waals surface area contributed by atoms with Crippen LogP contribution >= 0.6 is 0 Å². The zero-order valence-electron chi connectivity index (χ0n) is 13.4. The fourth-order valence-corrected chi connectivity index (χ4v) is 2.27.